The summed E-state index contributed by atoms with van der Waals surface area (Å²) in [6, 6.07) is 2.04. The van der Waals surface area contributed by atoms with E-state index in [1.165, 1.54) is 11.1 Å². The van der Waals surface area contributed by atoms with Gasteiger partial charge in [-0.05, 0) is 28.8 Å². The summed E-state index contributed by atoms with van der Waals surface area (Å²) in [7, 11) is 0. The second kappa shape index (κ2) is 4.12. The molecule has 1 rings (SSSR count). The van der Waals surface area contributed by atoms with E-state index in [0.29, 0.717) is 6.54 Å². The van der Waals surface area contributed by atoms with Crippen molar-refractivity contribution in [3.63, 3.8) is 0 Å². The molecule has 0 aliphatic heterocycles. The van der Waals surface area contributed by atoms with Crippen molar-refractivity contribution in [1.82, 2.24) is 5.32 Å². The highest BCUT2D eigenvalue weighted by molar-refractivity contribution is 7.08. The number of hydrogen-bond acceptors (Lipinski definition) is 3. The maximum absolute atomic E-state index is 8.25. The van der Waals surface area contributed by atoms with E-state index in [9.17, 15) is 0 Å². The molecule has 0 aliphatic carbocycles. The second-order valence-corrected chi connectivity index (χ2v) is 3.09. The van der Waals surface area contributed by atoms with Gasteiger partial charge in [0.05, 0.1) is 12.6 Å². The molecule has 0 saturated carbocycles. The first-order chi connectivity index (χ1) is 5.34. The van der Waals surface area contributed by atoms with E-state index in [-0.39, 0.29) is 0 Å². The third kappa shape index (κ3) is 2.34. The van der Waals surface area contributed by atoms with E-state index in [1.807, 2.05) is 6.07 Å². The molecule has 2 nitrogen and oxygen atoms in total. The van der Waals surface area contributed by atoms with Gasteiger partial charge in [0.1, 0.15) is 0 Å². The summed E-state index contributed by atoms with van der Waals surface area (Å²) in [6.45, 7) is 3.32. The van der Waals surface area contributed by atoms with Crippen LogP contribution in [-0.2, 0) is 6.54 Å². The largest absolute Gasteiger partial charge is 0.300 e. The smallest absolute Gasteiger partial charge is 0.0843 e. The Morgan fingerprint density at radius 1 is 1.64 bits per heavy atom. The summed E-state index contributed by atoms with van der Waals surface area (Å²) < 4.78 is 0. The summed E-state index contributed by atoms with van der Waals surface area (Å²) in [4.78, 5) is 0. The standard InChI is InChI=1S/C8H10N2S/c1-7-5-11-6-8(7)4-10-3-2-9/h5-6,10H,3-4H2,1H3. The van der Waals surface area contributed by atoms with Crippen LogP contribution in [0.2, 0.25) is 0 Å². The zero-order valence-corrected chi connectivity index (χ0v) is 7.24. The van der Waals surface area contributed by atoms with Gasteiger partial charge in [-0.1, -0.05) is 0 Å². The van der Waals surface area contributed by atoms with E-state index < -0.39 is 0 Å². The molecule has 58 valence electrons. The lowest BCUT2D eigenvalue weighted by Gasteiger charge is -1.97. The van der Waals surface area contributed by atoms with Crippen LogP contribution in [0.4, 0.5) is 0 Å². The maximum atomic E-state index is 8.25. The molecule has 0 aliphatic rings. The van der Waals surface area contributed by atoms with Gasteiger partial charge in [0.15, 0.2) is 0 Å². The second-order valence-electron chi connectivity index (χ2n) is 2.34. The molecule has 1 aromatic rings. The highest BCUT2D eigenvalue weighted by Gasteiger charge is 1.96. The molecule has 0 atom stereocenters. The van der Waals surface area contributed by atoms with Crippen molar-refractivity contribution in [3.8, 4) is 6.07 Å². The molecular weight excluding hydrogens is 156 g/mol. The van der Waals surface area contributed by atoms with E-state index in [1.54, 1.807) is 11.3 Å². The third-order valence-electron chi connectivity index (χ3n) is 1.48. The normalized spacial score (nSPS) is 9.45. The molecule has 0 fully saturated rings. The maximum Gasteiger partial charge on any atom is 0.0843 e. The quantitative estimate of drug-likeness (QED) is 0.547. The Morgan fingerprint density at radius 3 is 3.00 bits per heavy atom. The van der Waals surface area contributed by atoms with Crippen molar-refractivity contribution in [2.45, 2.75) is 13.5 Å². The predicted octanol–water partition coefficient (Wildman–Crippen LogP) is 1.67. The Morgan fingerprint density at radius 2 is 2.45 bits per heavy atom. The summed E-state index contributed by atoms with van der Waals surface area (Å²) in [6.07, 6.45) is 0. The number of hydrogen-bond donors (Lipinski definition) is 1. The minimum Gasteiger partial charge on any atom is -0.300 e. The Bertz CT molecular complexity index is 259. The lowest BCUT2D eigenvalue weighted by Crippen LogP contribution is -2.12. The number of rotatable bonds is 3. The fourth-order valence-corrected chi connectivity index (χ4v) is 1.68. The van der Waals surface area contributed by atoms with E-state index in [4.69, 9.17) is 5.26 Å². The average molecular weight is 166 g/mol. The minimum absolute atomic E-state index is 0.426. The Balaban J connectivity index is 2.40. The summed E-state index contributed by atoms with van der Waals surface area (Å²) in [5.74, 6) is 0. The molecule has 0 aromatic carbocycles. The first-order valence-electron chi connectivity index (χ1n) is 3.44. The van der Waals surface area contributed by atoms with Crippen LogP contribution in [0.3, 0.4) is 0 Å². The van der Waals surface area contributed by atoms with Gasteiger partial charge in [0.2, 0.25) is 0 Å². The van der Waals surface area contributed by atoms with Gasteiger partial charge in [-0.3, -0.25) is 0 Å². The Labute approximate surface area is 70.5 Å². The number of nitriles is 1. The van der Waals surface area contributed by atoms with Crippen LogP contribution in [0.15, 0.2) is 10.8 Å². The van der Waals surface area contributed by atoms with Crippen LogP contribution in [0.1, 0.15) is 11.1 Å². The fourth-order valence-electron chi connectivity index (χ4n) is 0.821. The molecule has 0 spiro atoms. The van der Waals surface area contributed by atoms with Gasteiger partial charge in [0, 0.05) is 6.54 Å². The van der Waals surface area contributed by atoms with Crippen LogP contribution in [0.25, 0.3) is 0 Å². The van der Waals surface area contributed by atoms with Gasteiger partial charge < -0.3 is 5.32 Å². The molecule has 0 amide bonds. The van der Waals surface area contributed by atoms with Crippen molar-refractivity contribution < 1.29 is 0 Å². The summed E-state index contributed by atoms with van der Waals surface area (Å²) in [5.41, 5.74) is 2.60. The zero-order valence-electron chi connectivity index (χ0n) is 6.42. The van der Waals surface area contributed by atoms with E-state index in [2.05, 4.69) is 23.0 Å². The van der Waals surface area contributed by atoms with Gasteiger partial charge >= 0.3 is 0 Å². The fraction of sp³-hybridized carbons (Fsp3) is 0.375. The van der Waals surface area contributed by atoms with Gasteiger partial charge in [-0.15, -0.1) is 0 Å². The van der Waals surface area contributed by atoms with Crippen molar-refractivity contribution in [3.05, 3.63) is 21.9 Å². The Hall–Kier alpha value is -0.850. The molecular formula is C8H10N2S. The van der Waals surface area contributed by atoms with Gasteiger partial charge in [-0.2, -0.15) is 16.6 Å². The van der Waals surface area contributed by atoms with Gasteiger partial charge in [0.25, 0.3) is 0 Å². The average Bonchev–Trinajstić information content (AvgIpc) is 2.37. The zero-order chi connectivity index (χ0) is 8.10. The van der Waals surface area contributed by atoms with Crippen LogP contribution in [-0.4, -0.2) is 6.54 Å². The number of nitrogens with zero attached hydrogens (tertiary/aromatic N) is 1. The van der Waals surface area contributed by atoms with Gasteiger partial charge in [-0.25, -0.2) is 0 Å². The summed E-state index contributed by atoms with van der Waals surface area (Å²) >= 11 is 1.70. The van der Waals surface area contributed by atoms with E-state index in [0.717, 1.165) is 6.54 Å². The first kappa shape index (κ1) is 8.25. The molecule has 0 saturated heterocycles. The first-order valence-corrected chi connectivity index (χ1v) is 4.38. The van der Waals surface area contributed by atoms with Crippen molar-refractivity contribution in [1.29, 1.82) is 5.26 Å². The van der Waals surface area contributed by atoms with Crippen LogP contribution in [0, 0.1) is 18.3 Å². The molecule has 1 heterocycles. The molecule has 11 heavy (non-hydrogen) atoms. The molecule has 1 aromatic heterocycles. The topological polar surface area (TPSA) is 35.8 Å². The monoisotopic (exact) mass is 166 g/mol. The number of thiophene rings is 1. The highest BCUT2D eigenvalue weighted by Crippen LogP contribution is 2.12. The molecule has 0 bridgehead atoms. The van der Waals surface area contributed by atoms with Crippen molar-refractivity contribution in [2.24, 2.45) is 0 Å². The highest BCUT2D eigenvalue weighted by atomic mass is 32.1. The molecule has 0 unspecified atom stereocenters. The van der Waals surface area contributed by atoms with Crippen molar-refractivity contribution >= 4 is 11.3 Å². The molecule has 1 N–H and O–H groups in total. The van der Waals surface area contributed by atoms with E-state index >= 15 is 0 Å². The lowest BCUT2D eigenvalue weighted by molar-refractivity contribution is 0.764. The molecule has 0 radical (unpaired) electrons. The number of aryl methyl sites for hydroxylation is 1. The minimum atomic E-state index is 0.426. The summed E-state index contributed by atoms with van der Waals surface area (Å²) in [5, 5.41) is 15.5. The van der Waals surface area contributed by atoms with Crippen LogP contribution >= 0.6 is 11.3 Å². The predicted molar refractivity (Wildman–Crippen MR) is 46.4 cm³/mol. The van der Waals surface area contributed by atoms with Crippen molar-refractivity contribution in [2.75, 3.05) is 6.54 Å². The van der Waals surface area contributed by atoms with Crippen LogP contribution in [0.5, 0.6) is 0 Å². The number of nitrogens with one attached hydrogen (secondary N) is 1. The third-order valence-corrected chi connectivity index (χ3v) is 2.39. The Kier molecular flexibility index (Phi) is 3.09. The van der Waals surface area contributed by atoms with Crippen LogP contribution < -0.4 is 5.32 Å². The molecule has 3 heteroatoms. The lowest BCUT2D eigenvalue weighted by atomic mass is 10.2. The SMILES string of the molecule is Cc1cscc1CNCC#N.